The predicted octanol–water partition coefficient (Wildman–Crippen LogP) is 2.53. The van der Waals surface area contributed by atoms with Crippen molar-refractivity contribution >= 4 is 11.9 Å². The summed E-state index contributed by atoms with van der Waals surface area (Å²) in [7, 11) is 0. The van der Waals surface area contributed by atoms with E-state index in [-0.39, 0.29) is 29.8 Å². The Morgan fingerprint density at radius 1 is 0.806 bits per heavy atom. The van der Waals surface area contributed by atoms with Gasteiger partial charge in [-0.15, -0.1) is 0 Å². The van der Waals surface area contributed by atoms with E-state index < -0.39 is 18.5 Å². The van der Waals surface area contributed by atoms with Gasteiger partial charge in [0.25, 0.3) is 0 Å². The molecule has 3 N–H and O–H groups in total. The highest BCUT2D eigenvalue weighted by Gasteiger charge is 2.34. The first-order valence-corrected chi connectivity index (χ1v) is 11.0. The number of ether oxygens (including phenoxy) is 3. The molecular formula is C23H32O8. The van der Waals surface area contributed by atoms with Crippen LogP contribution < -0.4 is 9.47 Å². The van der Waals surface area contributed by atoms with Gasteiger partial charge in [-0.1, -0.05) is 0 Å². The van der Waals surface area contributed by atoms with Gasteiger partial charge in [-0.2, -0.15) is 0 Å². The van der Waals surface area contributed by atoms with Crippen molar-refractivity contribution < 1.29 is 39.1 Å². The number of hydrogen-bond donors (Lipinski definition) is 3. The molecule has 0 bridgehead atoms. The lowest BCUT2D eigenvalue weighted by atomic mass is 9.81. The Kier molecular flexibility index (Phi) is 8.43. The first-order chi connectivity index (χ1) is 14.8. The summed E-state index contributed by atoms with van der Waals surface area (Å²) in [4.78, 5) is 23.4. The number of aliphatic hydroxyl groups excluding tert-OH is 2. The van der Waals surface area contributed by atoms with Crippen LogP contribution in [0.3, 0.4) is 0 Å². The van der Waals surface area contributed by atoms with Gasteiger partial charge in [0.05, 0.1) is 12.0 Å². The third-order valence-electron chi connectivity index (χ3n) is 6.28. The van der Waals surface area contributed by atoms with Crippen LogP contribution in [-0.2, 0) is 14.3 Å². The van der Waals surface area contributed by atoms with Crippen LogP contribution in [0.25, 0.3) is 0 Å². The molecule has 0 radical (unpaired) electrons. The van der Waals surface area contributed by atoms with Crippen LogP contribution >= 0.6 is 0 Å². The van der Waals surface area contributed by atoms with E-state index in [4.69, 9.17) is 14.2 Å². The minimum absolute atomic E-state index is 0.0202. The van der Waals surface area contributed by atoms with E-state index in [0.717, 1.165) is 0 Å². The lowest BCUT2D eigenvalue weighted by Crippen LogP contribution is -2.36. The SMILES string of the molecule is CC(=O)Oc1ccc(OC(=O)C2CCC(C(O)OC3CCC(C(O)O)CC3)CC2)cc1. The molecule has 0 heterocycles. The van der Waals surface area contributed by atoms with Gasteiger partial charge in [0.15, 0.2) is 12.6 Å². The van der Waals surface area contributed by atoms with Crippen LogP contribution in [-0.4, -0.2) is 45.9 Å². The van der Waals surface area contributed by atoms with Gasteiger partial charge in [-0.05, 0) is 75.6 Å². The first kappa shape index (κ1) is 23.7. The highest BCUT2D eigenvalue weighted by molar-refractivity contribution is 5.75. The lowest BCUT2D eigenvalue weighted by Gasteiger charge is -2.35. The monoisotopic (exact) mass is 436 g/mol. The summed E-state index contributed by atoms with van der Waals surface area (Å²) in [6.45, 7) is 1.32. The summed E-state index contributed by atoms with van der Waals surface area (Å²) in [6.07, 6.45) is 3.15. The Morgan fingerprint density at radius 2 is 1.32 bits per heavy atom. The molecule has 0 aliphatic heterocycles. The van der Waals surface area contributed by atoms with E-state index in [0.29, 0.717) is 62.9 Å². The van der Waals surface area contributed by atoms with Crippen molar-refractivity contribution in [1.29, 1.82) is 0 Å². The highest BCUT2D eigenvalue weighted by Crippen LogP contribution is 2.35. The average molecular weight is 437 g/mol. The number of hydrogen-bond acceptors (Lipinski definition) is 8. The molecule has 3 rings (SSSR count). The van der Waals surface area contributed by atoms with Gasteiger partial charge >= 0.3 is 11.9 Å². The Hall–Kier alpha value is -2.00. The van der Waals surface area contributed by atoms with E-state index in [1.165, 1.54) is 6.92 Å². The van der Waals surface area contributed by atoms with Gasteiger partial charge in [0.2, 0.25) is 0 Å². The number of carbonyl (C=O) groups is 2. The molecule has 8 nitrogen and oxygen atoms in total. The third-order valence-corrected chi connectivity index (χ3v) is 6.28. The minimum atomic E-state index is -1.28. The van der Waals surface area contributed by atoms with E-state index in [2.05, 4.69) is 0 Å². The maximum Gasteiger partial charge on any atom is 0.314 e. The fraction of sp³-hybridized carbons (Fsp3) is 0.652. The van der Waals surface area contributed by atoms with Crippen LogP contribution in [0.5, 0.6) is 11.5 Å². The van der Waals surface area contributed by atoms with Crippen LogP contribution in [0.1, 0.15) is 58.3 Å². The van der Waals surface area contributed by atoms with Crippen molar-refractivity contribution in [2.45, 2.75) is 77.0 Å². The Morgan fingerprint density at radius 3 is 1.84 bits per heavy atom. The molecule has 2 fully saturated rings. The standard InChI is InChI=1S/C23H32O8/c1-14(24)29-18-10-12-20(13-11-18)31-23(28)17-4-2-16(3-5-17)22(27)30-19-8-6-15(7-9-19)21(25)26/h10-13,15-17,19,21-22,25-27H,2-9H2,1H3. The Balaban J connectivity index is 1.39. The molecular weight excluding hydrogens is 404 g/mol. The molecule has 2 saturated carbocycles. The van der Waals surface area contributed by atoms with Crippen molar-refractivity contribution in [3.05, 3.63) is 24.3 Å². The van der Waals surface area contributed by atoms with E-state index in [1.807, 2.05) is 0 Å². The molecule has 1 atom stereocenters. The minimum Gasteiger partial charge on any atom is -0.427 e. The van der Waals surface area contributed by atoms with Crippen LogP contribution in [0.15, 0.2) is 24.3 Å². The van der Waals surface area contributed by atoms with E-state index in [9.17, 15) is 24.9 Å². The number of carbonyl (C=O) groups excluding carboxylic acids is 2. The zero-order chi connectivity index (χ0) is 22.4. The molecule has 1 unspecified atom stereocenters. The van der Waals surface area contributed by atoms with E-state index in [1.54, 1.807) is 24.3 Å². The maximum atomic E-state index is 12.5. The van der Waals surface area contributed by atoms with Gasteiger partial charge in [-0.25, -0.2) is 0 Å². The molecule has 1 aromatic carbocycles. The normalized spacial score (nSPS) is 27.5. The second-order valence-corrected chi connectivity index (χ2v) is 8.57. The summed E-state index contributed by atoms with van der Waals surface area (Å²) < 4.78 is 16.2. The number of aliphatic hydroxyl groups is 3. The average Bonchev–Trinajstić information content (AvgIpc) is 2.75. The summed E-state index contributed by atoms with van der Waals surface area (Å²) >= 11 is 0. The Bertz CT molecular complexity index is 716. The van der Waals surface area contributed by atoms with Crippen LogP contribution in [0.2, 0.25) is 0 Å². The maximum absolute atomic E-state index is 12.5. The van der Waals surface area contributed by atoms with E-state index >= 15 is 0 Å². The number of benzene rings is 1. The fourth-order valence-electron chi connectivity index (χ4n) is 4.41. The molecule has 8 heteroatoms. The first-order valence-electron chi connectivity index (χ1n) is 11.0. The zero-order valence-corrected chi connectivity index (χ0v) is 17.8. The lowest BCUT2D eigenvalue weighted by molar-refractivity contribution is -0.187. The second-order valence-electron chi connectivity index (χ2n) is 8.57. The molecule has 1 aromatic rings. The summed E-state index contributed by atoms with van der Waals surface area (Å²) in [5, 5.41) is 29.0. The Labute approximate surface area is 182 Å². The van der Waals surface area contributed by atoms with Crippen molar-refractivity contribution in [2.75, 3.05) is 0 Å². The molecule has 0 saturated heterocycles. The smallest absolute Gasteiger partial charge is 0.314 e. The molecule has 0 spiro atoms. The van der Waals surface area contributed by atoms with Gasteiger partial charge in [0.1, 0.15) is 11.5 Å². The molecule has 31 heavy (non-hydrogen) atoms. The van der Waals surface area contributed by atoms with Crippen molar-refractivity contribution in [3.8, 4) is 11.5 Å². The molecule has 0 amide bonds. The van der Waals surface area contributed by atoms with Crippen molar-refractivity contribution in [2.24, 2.45) is 17.8 Å². The summed E-state index contributed by atoms with van der Waals surface area (Å²) in [6, 6.07) is 6.32. The second kappa shape index (κ2) is 11.0. The molecule has 2 aliphatic rings. The molecule has 172 valence electrons. The molecule has 2 aliphatic carbocycles. The molecule has 0 aromatic heterocycles. The third kappa shape index (κ3) is 7.00. The fourth-order valence-corrected chi connectivity index (χ4v) is 4.41. The zero-order valence-electron chi connectivity index (χ0n) is 17.8. The van der Waals surface area contributed by atoms with Gasteiger partial charge < -0.3 is 29.5 Å². The number of rotatable bonds is 7. The number of esters is 2. The topological polar surface area (TPSA) is 123 Å². The summed E-state index contributed by atoms with van der Waals surface area (Å²) in [5.74, 6) is -0.278. The quantitative estimate of drug-likeness (QED) is 0.339. The van der Waals surface area contributed by atoms with Crippen molar-refractivity contribution in [1.82, 2.24) is 0 Å². The van der Waals surface area contributed by atoms with Gasteiger partial charge in [-0.3, -0.25) is 9.59 Å². The van der Waals surface area contributed by atoms with Crippen LogP contribution in [0.4, 0.5) is 0 Å². The highest BCUT2D eigenvalue weighted by atomic mass is 16.6. The van der Waals surface area contributed by atoms with Crippen LogP contribution in [0, 0.1) is 17.8 Å². The summed E-state index contributed by atoms with van der Waals surface area (Å²) in [5.41, 5.74) is 0. The largest absolute Gasteiger partial charge is 0.427 e. The predicted molar refractivity (Wildman–Crippen MR) is 110 cm³/mol. The van der Waals surface area contributed by atoms with Gasteiger partial charge in [0, 0.05) is 18.8 Å². The van der Waals surface area contributed by atoms with Crippen molar-refractivity contribution in [3.63, 3.8) is 0 Å².